The van der Waals surface area contributed by atoms with Crippen molar-refractivity contribution in [1.29, 1.82) is 0 Å². The molecule has 3 nitrogen and oxygen atoms in total. The van der Waals surface area contributed by atoms with Crippen molar-refractivity contribution in [3.63, 3.8) is 0 Å². The predicted octanol–water partition coefficient (Wildman–Crippen LogP) is 4.46. The first-order chi connectivity index (χ1) is 10.2. The molecular formula is C17H26BrNO2. The van der Waals surface area contributed by atoms with Crippen molar-refractivity contribution in [3.8, 4) is 5.75 Å². The molecule has 1 aliphatic heterocycles. The molecule has 21 heavy (non-hydrogen) atoms. The van der Waals surface area contributed by atoms with E-state index in [4.69, 9.17) is 9.47 Å². The van der Waals surface area contributed by atoms with Crippen LogP contribution in [0.4, 0.5) is 0 Å². The lowest BCUT2D eigenvalue weighted by atomic mass is 9.99. The van der Waals surface area contributed by atoms with Crippen molar-refractivity contribution in [2.24, 2.45) is 0 Å². The average molecular weight is 356 g/mol. The molecule has 1 aromatic rings. The highest BCUT2D eigenvalue weighted by Crippen LogP contribution is 2.31. The maximum absolute atomic E-state index is 5.78. The molecule has 0 saturated carbocycles. The molecule has 1 saturated heterocycles. The van der Waals surface area contributed by atoms with E-state index in [1.54, 1.807) is 0 Å². The smallest absolute Gasteiger partial charge is 0.133 e. The Hall–Kier alpha value is -0.580. The van der Waals surface area contributed by atoms with Crippen LogP contribution in [-0.2, 0) is 4.74 Å². The summed E-state index contributed by atoms with van der Waals surface area (Å²) in [5.41, 5.74) is 1.29. The van der Waals surface area contributed by atoms with Crippen LogP contribution in [0.5, 0.6) is 5.75 Å². The van der Waals surface area contributed by atoms with Gasteiger partial charge < -0.3 is 14.8 Å². The van der Waals surface area contributed by atoms with Gasteiger partial charge in [0.25, 0.3) is 0 Å². The second-order valence-electron chi connectivity index (χ2n) is 5.52. The first kappa shape index (κ1) is 16.8. The largest absolute Gasteiger partial charge is 0.492 e. The fourth-order valence-corrected chi connectivity index (χ4v) is 3.25. The molecule has 0 aliphatic carbocycles. The number of benzene rings is 1. The third-order valence-corrected chi connectivity index (χ3v) is 4.41. The first-order valence-electron chi connectivity index (χ1n) is 8.01. The second kappa shape index (κ2) is 8.76. The van der Waals surface area contributed by atoms with Crippen LogP contribution >= 0.6 is 15.9 Å². The number of ether oxygens (including phenoxy) is 2. The van der Waals surface area contributed by atoms with Crippen LogP contribution in [0, 0.1) is 0 Å². The molecule has 1 aliphatic rings. The van der Waals surface area contributed by atoms with Crippen molar-refractivity contribution < 1.29 is 9.47 Å². The zero-order valence-corrected chi connectivity index (χ0v) is 14.6. The van der Waals surface area contributed by atoms with Crippen LogP contribution < -0.4 is 10.1 Å². The molecule has 4 heteroatoms. The third-order valence-electron chi connectivity index (χ3n) is 3.79. The standard InChI is InChI=1S/C17H26BrNO2/c1-3-9-21-17-8-7-13(11-15(17)18)16(19-4-2)12-14-6-5-10-20-14/h7-8,11,14,16,19H,3-6,9-10,12H2,1-2H3. The normalized spacial score (nSPS) is 19.7. The monoisotopic (exact) mass is 355 g/mol. The van der Waals surface area contributed by atoms with Crippen molar-refractivity contribution in [2.45, 2.75) is 51.7 Å². The molecule has 0 aromatic heterocycles. The second-order valence-corrected chi connectivity index (χ2v) is 6.37. The first-order valence-corrected chi connectivity index (χ1v) is 8.81. The number of hydrogen-bond acceptors (Lipinski definition) is 3. The van der Waals surface area contributed by atoms with Gasteiger partial charge in [-0.3, -0.25) is 0 Å². The van der Waals surface area contributed by atoms with E-state index in [0.717, 1.165) is 42.8 Å². The van der Waals surface area contributed by atoms with Gasteiger partial charge in [-0.2, -0.15) is 0 Å². The summed E-state index contributed by atoms with van der Waals surface area (Å²) < 4.78 is 12.5. The zero-order valence-electron chi connectivity index (χ0n) is 13.0. The summed E-state index contributed by atoms with van der Waals surface area (Å²) >= 11 is 3.63. The lowest BCUT2D eigenvalue weighted by Gasteiger charge is -2.22. The quantitative estimate of drug-likeness (QED) is 0.746. The Kier molecular flexibility index (Phi) is 7.00. The molecule has 2 unspecified atom stereocenters. The summed E-state index contributed by atoms with van der Waals surface area (Å²) in [5, 5.41) is 3.57. The van der Waals surface area contributed by atoms with E-state index in [9.17, 15) is 0 Å². The summed E-state index contributed by atoms with van der Waals surface area (Å²) in [4.78, 5) is 0. The number of nitrogens with one attached hydrogen (secondary N) is 1. The SMILES string of the molecule is CCCOc1ccc(C(CC2CCCO2)NCC)cc1Br. The van der Waals surface area contributed by atoms with Crippen LogP contribution in [0.2, 0.25) is 0 Å². The summed E-state index contributed by atoms with van der Waals surface area (Å²) in [6.45, 7) is 6.89. The van der Waals surface area contributed by atoms with Crippen LogP contribution in [0.3, 0.4) is 0 Å². The minimum absolute atomic E-state index is 0.342. The molecule has 1 heterocycles. The van der Waals surface area contributed by atoms with Crippen LogP contribution in [0.25, 0.3) is 0 Å². The van der Waals surface area contributed by atoms with Crippen LogP contribution in [0.15, 0.2) is 22.7 Å². The molecule has 0 spiro atoms. The Labute approximate surface area is 136 Å². The van der Waals surface area contributed by atoms with Crippen LogP contribution in [-0.4, -0.2) is 25.9 Å². The zero-order chi connectivity index (χ0) is 15.1. The van der Waals surface area contributed by atoms with Crippen molar-refractivity contribution in [3.05, 3.63) is 28.2 Å². The Morgan fingerprint density at radius 2 is 2.29 bits per heavy atom. The van der Waals surface area contributed by atoms with Crippen LogP contribution in [0.1, 0.15) is 51.1 Å². The fourth-order valence-electron chi connectivity index (χ4n) is 2.74. The fraction of sp³-hybridized carbons (Fsp3) is 0.647. The summed E-state index contributed by atoms with van der Waals surface area (Å²) in [5.74, 6) is 0.924. The van der Waals surface area contributed by atoms with Crippen molar-refractivity contribution >= 4 is 15.9 Å². The van der Waals surface area contributed by atoms with E-state index < -0.39 is 0 Å². The van der Waals surface area contributed by atoms with Gasteiger partial charge in [0, 0.05) is 12.6 Å². The highest BCUT2D eigenvalue weighted by Gasteiger charge is 2.22. The van der Waals surface area contributed by atoms with Crippen molar-refractivity contribution in [1.82, 2.24) is 5.32 Å². The molecular weight excluding hydrogens is 330 g/mol. The molecule has 0 radical (unpaired) electrons. The maximum Gasteiger partial charge on any atom is 0.133 e. The third kappa shape index (κ3) is 4.97. The lowest BCUT2D eigenvalue weighted by Crippen LogP contribution is -2.25. The van der Waals surface area contributed by atoms with Gasteiger partial charge in [-0.25, -0.2) is 0 Å². The number of halogens is 1. The summed E-state index contributed by atoms with van der Waals surface area (Å²) in [6, 6.07) is 6.75. The number of rotatable bonds is 8. The predicted molar refractivity (Wildman–Crippen MR) is 89.9 cm³/mol. The maximum atomic E-state index is 5.78. The summed E-state index contributed by atoms with van der Waals surface area (Å²) in [7, 11) is 0. The minimum Gasteiger partial charge on any atom is -0.492 e. The van der Waals surface area contributed by atoms with E-state index in [1.165, 1.54) is 18.4 Å². The molecule has 0 amide bonds. The van der Waals surface area contributed by atoms with Gasteiger partial charge in [-0.05, 0) is 65.9 Å². The molecule has 1 aromatic carbocycles. The Morgan fingerprint density at radius 3 is 2.90 bits per heavy atom. The molecule has 0 bridgehead atoms. The van der Waals surface area contributed by atoms with Gasteiger partial charge in [-0.1, -0.05) is 19.9 Å². The van der Waals surface area contributed by atoms with Gasteiger partial charge in [0.05, 0.1) is 17.2 Å². The van der Waals surface area contributed by atoms with Crippen molar-refractivity contribution in [2.75, 3.05) is 19.8 Å². The Bertz CT molecular complexity index is 433. The van der Waals surface area contributed by atoms with E-state index >= 15 is 0 Å². The highest BCUT2D eigenvalue weighted by atomic mass is 79.9. The topological polar surface area (TPSA) is 30.5 Å². The minimum atomic E-state index is 0.342. The van der Waals surface area contributed by atoms with Gasteiger partial charge in [0.15, 0.2) is 0 Å². The molecule has 2 rings (SSSR count). The van der Waals surface area contributed by atoms with E-state index in [1.807, 2.05) is 0 Å². The Morgan fingerprint density at radius 1 is 1.43 bits per heavy atom. The summed E-state index contributed by atoms with van der Waals surface area (Å²) in [6.07, 6.45) is 4.82. The lowest BCUT2D eigenvalue weighted by molar-refractivity contribution is 0.0947. The Balaban J connectivity index is 2.06. The van der Waals surface area contributed by atoms with E-state index in [2.05, 4.69) is 53.3 Å². The van der Waals surface area contributed by atoms with Gasteiger partial charge in [0.2, 0.25) is 0 Å². The highest BCUT2D eigenvalue weighted by molar-refractivity contribution is 9.10. The molecule has 1 N–H and O–H groups in total. The van der Waals surface area contributed by atoms with Gasteiger partial charge in [-0.15, -0.1) is 0 Å². The van der Waals surface area contributed by atoms with Gasteiger partial charge in [0.1, 0.15) is 5.75 Å². The molecule has 118 valence electrons. The van der Waals surface area contributed by atoms with E-state index in [0.29, 0.717) is 12.1 Å². The molecule has 2 atom stereocenters. The number of hydrogen-bond donors (Lipinski definition) is 1. The molecule has 1 fully saturated rings. The van der Waals surface area contributed by atoms with Gasteiger partial charge >= 0.3 is 0 Å². The average Bonchev–Trinajstić information content (AvgIpc) is 2.98. The van der Waals surface area contributed by atoms with E-state index in [-0.39, 0.29) is 0 Å².